The molecule has 0 aliphatic heterocycles. The van der Waals surface area contributed by atoms with Gasteiger partial charge in [0.15, 0.2) is 0 Å². The molecular formula is C15H21ClFNO. The number of halogens is 2. The van der Waals surface area contributed by atoms with Gasteiger partial charge in [0.2, 0.25) is 0 Å². The van der Waals surface area contributed by atoms with Gasteiger partial charge in [-0.2, -0.15) is 0 Å². The van der Waals surface area contributed by atoms with Crippen molar-refractivity contribution in [3.8, 4) is 0 Å². The molecule has 0 aromatic heterocycles. The van der Waals surface area contributed by atoms with Crippen molar-refractivity contribution in [1.29, 1.82) is 0 Å². The minimum absolute atomic E-state index is 0.203. The molecule has 0 amide bonds. The zero-order valence-electron chi connectivity index (χ0n) is 11.3. The fourth-order valence-electron chi connectivity index (χ4n) is 3.00. The number of nitrogens with two attached hydrogens (primary N) is 1. The van der Waals surface area contributed by atoms with E-state index in [0.717, 1.165) is 25.7 Å². The Kier molecular flexibility index (Phi) is 4.82. The van der Waals surface area contributed by atoms with E-state index in [9.17, 15) is 4.39 Å². The first-order valence-electron chi connectivity index (χ1n) is 6.82. The maximum atomic E-state index is 13.8. The van der Waals surface area contributed by atoms with Crippen LogP contribution < -0.4 is 5.73 Å². The normalized spacial score (nSPS) is 20.2. The Balaban J connectivity index is 2.14. The lowest BCUT2D eigenvalue weighted by Crippen LogP contribution is -2.52. The molecule has 0 saturated heterocycles. The molecule has 2 rings (SSSR count). The predicted octanol–water partition coefficient (Wildman–Crippen LogP) is 3.70. The van der Waals surface area contributed by atoms with Crippen LogP contribution in [0.1, 0.15) is 37.7 Å². The standard InChI is InChI=1S/C15H21ClFNO/c1-19-15(7-3-2-4-8-15)14(18)10-11-9-12(16)5-6-13(11)17/h5-6,9,14H,2-4,7-8,10,18H2,1H3. The molecule has 1 aromatic carbocycles. The van der Waals surface area contributed by atoms with Crippen LogP contribution in [0.5, 0.6) is 0 Å². The molecule has 1 aliphatic rings. The van der Waals surface area contributed by atoms with Gasteiger partial charge in [-0.25, -0.2) is 4.39 Å². The molecule has 0 bridgehead atoms. The Bertz CT molecular complexity index is 432. The van der Waals surface area contributed by atoms with Crippen LogP contribution in [0.15, 0.2) is 18.2 Å². The van der Waals surface area contributed by atoms with Crippen molar-refractivity contribution in [2.75, 3.05) is 7.11 Å². The number of rotatable bonds is 4. The SMILES string of the molecule is COC1(C(N)Cc2cc(Cl)ccc2F)CCCCC1. The van der Waals surface area contributed by atoms with Gasteiger partial charge in [-0.3, -0.25) is 0 Å². The van der Waals surface area contributed by atoms with Gasteiger partial charge in [-0.05, 0) is 43.0 Å². The average molecular weight is 286 g/mol. The first-order chi connectivity index (χ1) is 9.07. The van der Waals surface area contributed by atoms with Crippen molar-refractivity contribution in [1.82, 2.24) is 0 Å². The van der Waals surface area contributed by atoms with E-state index in [0.29, 0.717) is 17.0 Å². The van der Waals surface area contributed by atoms with Gasteiger partial charge in [0, 0.05) is 18.2 Å². The summed E-state index contributed by atoms with van der Waals surface area (Å²) in [7, 11) is 1.71. The predicted molar refractivity (Wildman–Crippen MR) is 75.9 cm³/mol. The fourth-order valence-corrected chi connectivity index (χ4v) is 3.19. The quantitative estimate of drug-likeness (QED) is 0.915. The lowest BCUT2D eigenvalue weighted by atomic mass is 9.77. The van der Waals surface area contributed by atoms with Gasteiger partial charge in [0.05, 0.1) is 5.60 Å². The van der Waals surface area contributed by atoms with Crippen LogP contribution in [0.3, 0.4) is 0 Å². The molecule has 2 nitrogen and oxygen atoms in total. The van der Waals surface area contributed by atoms with Crippen LogP contribution in [0.4, 0.5) is 4.39 Å². The molecule has 1 fully saturated rings. The van der Waals surface area contributed by atoms with Gasteiger partial charge >= 0.3 is 0 Å². The first-order valence-corrected chi connectivity index (χ1v) is 7.20. The highest BCUT2D eigenvalue weighted by Gasteiger charge is 2.38. The van der Waals surface area contributed by atoms with Crippen molar-refractivity contribution in [3.63, 3.8) is 0 Å². The molecule has 1 saturated carbocycles. The minimum atomic E-state index is -0.312. The maximum absolute atomic E-state index is 13.8. The van der Waals surface area contributed by atoms with E-state index in [4.69, 9.17) is 22.1 Å². The van der Waals surface area contributed by atoms with Crippen molar-refractivity contribution in [2.45, 2.75) is 50.2 Å². The maximum Gasteiger partial charge on any atom is 0.126 e. The second kappa shape index (κ2) is 6.21. The van der Waals surface area contributed by atoms with Crippen LogP contribution in [0, 0.1) is 5.82 Å². The number of ether oxygens (including phenoxy) is 1. The number of hydrogen-bond acceptors (Lipinski definition) is 2. The van der Waals surface area contributed by atoms with E-state index in [1.165, 1.54) is 12.5 Å². The van der Waals surface area contributed by atoms with Crippen molar-refractivity contribution in [2.24, 2.45) is 5.73 Å². The van der Waals surface area contributed by atoms with E-state index in [-0.39, 0.29) is 17.5 Å². The molecule has 0 radical (unpaired) electrons. The van der Waals surface area contributed by atoms with E-state index in [1.54, 1.807) is 19.2 Å². The summed E-state index contributed by atoms with van der Waals surface area (Å²) in [5.74, 6) is -0.248. The van der Waals surface area contributed by atoms with Crippen molar-refractivity contribution >= 4 is 11.6 Å². The van der Waals surface area contributed by atoms with Crippen LogP contribution >= 0.6 is 11.6 Å². The molecule has 1 aromatic rings. The summed E-state index contributed by atoms with van der Waals surface area (Å²) >= 11 is 5.92. The monoisotopic (exact) mass is 285 g/mol. The summed E-state index contributed by atoms with van der Waals surface area (Å²) in [6.07, 6.45) is 5.84. The third-order valence-corrected chi connectivity index (χ3v) is 4.46. The summed E-state index contributed by atoms with van der Waals surface area (Å²) in [6.45, 7) is 0. The van der Waals surface area contributed by atoms with Crippen molar-refractivity contribution < 1.29 is 9.13 Å². The molecular weight excluding hydrogens is 265 g/mol. The summed E-state index contributed by atoms with van der Waals surface area (Å²) in [6, 6.07) is 4.40. The molecule has 0 spiro atoms. The molecule has 1 unspecified atom stereocenters. The van der Waals surface area contributed by atoms with Crippen molar-refractivity contribution in [3.05, 3.63) is 34.6 Å². The highest BCUT2D eigenvalue weighted by Crippen LogP contribution is 2.34. The topological polar surface area (TPSA) is 35.2 Å². The summed E-state index contributed by atoms with van der Waals surface area (Å²) in [5.41, 5.74) is 6.57. The van der Waals surface area contributed by atoms with Gasteiger partial charge in [0.25, 0.3) is 0 Å². The number of methoxy groups -OCH3 is 1. The van der Waals surface area contributed by atoms with E-state index in [1.807, 2.05) is 0 Å². The molecule has 1 atom stereocenters. The van der Waals surface area contributed by atoms with E-state index in [2.05, 4.69) is 0 Å². The molecule has 1 aliphatic carbocycles. The highest BCUT2D eigenvalue weighted by atomic mass is 35.5. The second-order valence-corrected chi connectivity index (χ2v) is 5.81. The Morgan fingerprint density at radius 2 is 2.05 bits per heavy atom. The average Bonchev–Trinajstić information content (AvgIpc) is 2.43. The Labute approximate surface area is 119 Å². The highest BCUT2D eigenvalue weighted by molar-refractivity contribution is 6.30. The van der Waals surface area contributed by atoms with E-state index < -0.39 is 0 Å². The molecule has 4 heteroatoms. The third kappa shape index (κ3) is 3.28. The van der Waals surface area contributed by atoms with E-state index >= 15 is 0 Å². The molecule has 106 valence electrons. The van der Waals surface area contributed by atoms with Crippen LogP contribution in [-0.4, -0.2) is 18.8 Å². The first kappa shape index (κ1) is 14.8. The molecule has 0 heterocycles. The second-order valence-electron chi connectivity index (χ2n) is 5.38. The van der Waals surface area contributed by atoms with Gasteiger partial charge in [-0.15, -0.1) is 0 Å². The lowest BCUT2D eigenvalue weighted by molar-refractivity contribution is -0.0584. The van der Waals surface area contributed by atoms with Gasteiger partial charge in [-0.1, -0.05) is 30.9 Å². The summed E-state index contributed by atoms with van der Waals surface area (Å²) < 4.78 is 19.5. The smallest absolute Gasteiger partial charge is 0.126 e. The van der Waals surface area contributed by atoms with Crippen LogP contribution in [0.25, 0.3) is 0 Å². The fraction of sp³-hybridized carbons (Fsp3) is 0.600. The Morgan fingerprint density at radius 3 is 2.68 bits per heavy atom. The third-order valence-electron chi connectivity index (χ3n) is 4.23. The molecule has 2 N–H and O–H groups in total. The van der Waals surface area contributed by atoms with Gasteiger partial charge in [0.1, 0.15) is 5.82 Å². The lowest BCUT2D eigenvalue weighted by Gasteiger charge is -2.41. The van der Waals surface area contributed by atoms with Crippen LogP contribution in [-0.2, 0) is 11.2 Å². The Morgan fingerprint density at radius 1 is 1.37 bits per heavy atom. The summed E-state index contributed by atoms with van der Waals surface area (Å²) in [5, 5.41) is 0.540. The largest absolute Gasteiger partial charge is 0.377 e. The minimum Gasteiger partial charge on any atom is -0.377 e. The van der Waals surface area contributed by atoms with Crippen LogP contribution in [0.2, 0.25) is 5.02 Å². The summed E-state index contributed by atoms with van der Waals surface area (Å²) in [4.78, 5) is 0. The zero-order valence-corrected chi connectivity index (χ0v) is 12.0. The molecule has 19 heavy (non-hydrogen) atoms. The number of benzene rings is 1. The number of hydrogen-bond donors (Lipinski definition) is 1. The van der Waals surface area contributed by atoms with Gasteiger partial charge < -0.3 is 10.5 Å². The zero-order chi connectivity index (χ0) is 13.9. The Hall–Kier alpha value is -0.640.